The van der Waals surface area contributed by atoms with Crippen LogP contribution in [0.2, 0.25) is 0 Å². The van der Waals surface area contributed by atoms with E-state index < -0.39 is 40.1 Å². The zero-order chi connectivity index (χ0) is 28.9. The average molecular weight is 571 g/mol. The van der Waals surface area contributed by atoms with E-state index in [4.69, 9.17) is 14.9 Å². The summed E-state index contributed by atoms with van der Waals surface area (Å²) < 4.78 is 78.7. The zero-order valence-corrected chi connectivity index (χ0v) is 22.8. The van der Waals surface area contributed by atoms with Crippen molar-refractivity contribution >= 4 is 27.0 Å². The van der Waals surface area contributed by atoms with Crippen LogP contribution in [0.1, 0.15) is 41.8 Å². The summed E-state index contributed by atoms with van der Waals surface area (Å²) in [4.78, 5) is 23.2. The Morgan fingerprint density at radius 1 is 1.21 bits per heavy atom. The van der Waals surface area contributed by atoms with Crippen LogP contribution in [0.4, 0.5) is 13.2 Å². The number of ether oxygens (including phenoxy) is 1. The predicted octanol–water partition coefficient (Wildman–Crippen LogP) is 2.89. The van der Waals surface area contributed by atoms with Crippen LogP contribution < -0.4 is 10.5 Å². The average Bonchev–Trinajstić information content (AvgIpc) is 3.32. The molecule has 39 heavy (non-hydrogen) atoms. The topological polar surface area (TPSA) is 135 Å². The molecular formula is C24H29F3N6O5S. The lowest BCUT2D eigenvalue weighted by Gasteiger charge is -2.39. The van der Waals surface area contributed by atoms with E-state index in [1.54, 1.807) is 19.9 Å². The Hall–Kier alpha value is -3.27. The van der Waals surface area contributed by atoms with Gasteiger partial charge in [-0.15, -0.1) is 0 Å². The number of alkyl halides is 3. The summed E-state index contributed by atoms with van der Waals surface area (Å²) in [5.41, 5.74) is 5.18. The molecule has 0 spiro atoms. The SMILES string of the molecule is COc1ccc(-c2nc(C(=O)N3CCN(S(=O)(=O)N(C)C)[C@@H](C)C3)c([C@H](C)N)o2)c2ccc(C(F)(F)F)nc12. The third-order valence-electron chi connectivity index (χ3n) is 6.44. The summed E-state index contributed by atoms with van der Waals surface area (Å²) in [5, 5.41) is 0.273. The molecule has 1 aromatic carbocycles. The highest BCUT2D eigenvalue weighted by atomic mass is 32.2. The van der Waals surface area contributed by atoms with Gasteiger partial charge in [-0.2, -0.15) is 30.2 Å². The summed E-state index contributed by atoms with van der Waals surface area (Å²) in [5.74, 6) is -0.312. The largest absolute Gasteiger partial charge is 0.494 e. The predicted molar refractivity (Wildman–Crippen MR) is 136 cm³/mol. The molecule has 3 heterocycles. The number of carbonyl (C=O) groups excluding carboxylic acids is 1. The molecule has 1 amide bonds. The first kappa shape index (κ1) is 28.7. The van der Waals surface area contributed by atoms with Crippen LogP contribution in [0, 0.1) is 0 Å². The number of fused-ring (bicyclic) bond motifs is 1. The van der Waals surface area contributed by atoms with E-state index in [9.17, 15) is 26.4 Å². The Morgan fingerprint density at radius 3 is 2.46 bits per heavy atom. The minimum absolute atomic E-state index is 0.0262. The molecule has 0 saturated carbocycles. The Bertz CT molecular complexity index is 1510. The molecule has 1 aliphatic heterocycles. The lowest BCUT2D eigenvalue weighted by atomic mass is 10.1. The number of pyridine rings is 1. The number of hydrogen-bond donors (Lipinski definition) is 1. The van der Waals surface area contributed by atoms with E-state index >= 15 is 0 Å². The van der Waals surface area contributed by atoms with Gasteiger partial charge in [0.1, 0.15) is 17.0 Å². The van der Waals surface area contributed by atoms with Crippen LogP contribution in [0.25, 0.3) is 22.4 Å². The van der Waals surface area contributed by atoms with Crippen molar-refractivity contribution in [2.75, 3.05) is 40.8 Å². The van der Waals surface area contributed by atoms with E-state index in [0.29, 0.717) is 5.56 Å². The summed E-state index contributed by atoms with van der Waals surface area (Å²) in [6.45, 7) is 3.62. The van der Waals surface area contributed by atoms with Crippen LogP contribution in [-0.4, -0.2) is 84.7 Å². The maximum absolute atomic E-state index is 13.5. The number of rotatable bonds is 6. The van der Waals surface area contributed by atoms with Gasteiger partial charge in [0.05, 0.1) is 13.2 Å². The van der Waals surface area contributed by atoms with Gasteiger partial charge >= 0.3 is 6.18 Å². The third kappa shape index (κ3) is 5.31. The molecule has 0 unspecified atom stereocenters. The van der Waals surface area contributed by atoms with Gasteiger partial charge in [-0.3, -0.25) is 4.79 Å². The van der Waals surface area contributed by atoms with Crippen molar-refractivity contribution in [1.82, 2.24) is 23.5 Å². The van der Waals surface area contributed by atoms with Crippen molar-refractivity contribution in [3.05, 3.63) is 41.4 Å². The van der Waals surface area contributed by atoms with Crippen LogP contribution in [0.3, 0.4) is 0 Å². The quantitative estimate of drug-likeness (QED) is 0.478. The number of piperazine rings is 1. The van der Waals surface area contributed by atoms with Crippen LogP contribution in [-0.2, 0) is 16.4 Å². The van der Waals surface area contributed by atoms with Gasteiger partial charge in [-0.1, -0.05) is 0 Å². The second kappa shape index (κ2) is 10.4. The number of oxazole rings is 1. The lowest BCUT2D eigenvalue weighted by molar-refractivity contribution is -0.140. The number of carbonyl (C=O) groups is 1. The van der Waals surface area contributed by atoms with E-state index in [0.717, 1.165) is 10.4 Å². The molecule has 11 nitrogen and oxygen atoms in total. The molecule has 212 valence electrons. The molecular weight excluding hydrogens is 541 g/mol. The number of amides is 1. The number of hydrogen-bond acceptors (Lipinski definition) is 8. The van der Waals surface area contributed by atoms with Crippen molar-refractivity contribution in [3.8, 4) is 17.2 Å². The van der Waals surface area contributed by atoms with Crippen LogP contribution >= 0.6 is 0 Å². The molecule has 2 N–H and O–H groups in total. The highest BCUT2D eigenvalue weighted by molar-refractivity contribution is 7.86. The van der Waals surface area contributed by atoms with Crippen LogP contribution in [0.5, 0.6) is 5.75 Å². The first-order valence-electron chi connectivity index (χ1n) is 12.0. The standard InChI is InChI=1S/C24H29F3N6O5S/c1-13-12-32(10-11-33(13)39(35,36)31(3)4)23(34)20-21(14(2)28)38-22(30-20)16-6-8-17(37-5)19-15(16)7-9-18(29-19)24(25,26)27/h6-9,13-14H,10-12,28H2,1-5H3/t13-,14-/m0/s1. The Balaban J connectivity index is 1.73. The Morgan fingerprint density at radius 2 is 1.90 bits per heavy atom. The Labute approximate surface area is 223 Å². The maximum atomic E-state index is 13.5. The summed E-state index contributed by atoms with van der Waals surface area (Å²) >= 11 is 0. The first-order valence-corrected chi connectivity index (χ1v) is 13.4. The van der Waals surface area contributed by atoms with E-state index in [1.165, 1.54) is 42.5 Å². The summed E-state index contributed by atoms with van der Waals surface area (Å²) in [6, 6.07) is 3.83. The third-order valence-corrected chi connectivity index (χ3v) is 8.50. The van der Waals surface area contributed by atoms with Gasteiger partial charge in [0.25, 0.3) is 16.1 Å². The first-order chi connectivity index (χ1) is 18.2. The minimum Gasteiger partial charge on any atom is -0.494 e. The van der Waals surface area contributed by atoms with Gasteiger partial charge < -0.3 is 19.8 Å². The van der Waals surface area contributed by atoms with Gasteiger partial charge in [-0.25, -0.2) is 9.97 Å². The number of halogens is 3. The zero-order valence-electron chi connectivity index (χ0n) is 22.0. The fourth-order valence-corrected chi connectivity index (χ4v) is 5.69. The molecule has 4 rings (SSSR count). The number of nitrogens with zero attached hydrogens (tertiary/aromatic N) is 5. The highest BCUT2D eigenvalue weighted by Gasteiger charge is 2.38. The Kier molecular flexibility index (Phi) is 7.64. The van der Waals surface area contributed by atoms with Gasteiger partial charge in [0.15, 0.2) is 11.5 Å². The number of methoxy groups -OCH3 is 1. The molecule has 2 atom stereocenters. The summed E-state index contributed by atoms with van der Waals surface area (Å²) in [7, 11) is 0.526. The normalized spacial score (nSPS) is 18.1. The minimum atomic E-state index is -4.66. The molecule has 2 aromatic heterocycles. The van der Waals surface area contributed by atoms with Gasteiger partial charge in [-0.05, 0) is 38.1 Å². The van der Waals surface area contributed by atoms with Crippen molar-refractivity contribution in [3.63, 3.8) is 0 Å². The second-order valence-electron chi connectivity index (χ2n) is 9.43. The van der Waals surface area contributed by atoms with E-state index in [2.05, 4.69) is 9.97 Å². The fourth-order valence-electron chi connectivity index (χ4n) is 4.44. The maximum Gasteiger partial charge on any atom is 0.433 e. The molecule has 1 aliphatic rings. The van der Waals surface area contributed by atoms with Crippen molar-refractivity contribution in [1.29, 1.82) is 0 Å². The molecule has 0 aliphatic carbocycles. The van der Waals surface area contributed by atoms with Crippen molar-refractivity contribution < 1.29 is 35.5 Å². The van der Waals surface area contributed by atoms with E-state index in [-0.39, 0.29) is 53.6 Å². The van der Waals surface area contributed by atoms with Gasteiger partial charge in [0.2, 0.25) is 5.89 Å². The van der Waals surface area contributed by atoms with Crippen molar-refractivity contribution in [2.24, 2.45) is 5.73 Å². The smallest absolute Gasteiger partial charge is 0.433 e. The number of aromatic nitrogens is 2. The molecule has 3 aromatic rings. The number of nitrogens with two attached hydrogens (primary N) is 1. The molecule has 1 fully saturated rings. The van der Waals surface area contributed by atoms with Crippen molar-refractivity contribution in [2.45, 2.75) is 32.1 Å². The molecule has 15 heteroatoms. The highest BCUT2D eigenvalue weighted by Crippen LogP contribution is 2.37. The molecule has 0 bridgehead atoms. The van der Waals surface area contributed by atoms with Gasteiger partial charge in [0, 0.05) is 50.7 Å². The second-order valence-corrected chi connectivity index (χ2v) is 11.5. The molecule has 1 saturated heterocycles. The van der Waals surface area contributed by atoms with Crippen LogP contribution in [0.15, 0.2) is 28.7 Å². The molecule has 0 radical (unpaired) electrons. The summed E-state index contributed by atoms with van der Waals surface area (Å²) in [6.07, 6.45) is -4.66. The van der Waals surface area contributed by atoms with E-state index in [1.807, 2.05) is 0 Å². The lowest BCUT2D eigenvalue weighted by Crippen LogP contribution is -2.57. The number of benzene rings is 1. The fraction of sp³-hybridized carbons (Fsp3) is 0.458. The monoisotopic (exact) mass is 570 g/mol.